The molecule has 1 fully saturated rings. The second-order valence-electron chi connectivity index (χ2n) is 7.19. The standard InChI is InChI=1S/C21H23N3O5S3/c1-30-16-4-2-3-15(11-16)22-20(25)13-24-18-12-17(5-6-19(18)31-14-21(24)26)32(27,28)23-7-9-29-10-8-23/h2-6,11-12H,7-10,13-14H2,1H3,(H,22,25). The van der Waals surface area contributed by atoms with Gasteiger partial charge < -0.3 is 15.0 Å². The van der Waals surface area contributed by atoms with Crippen LogP contribution in [0, 0.1) is 0 Å². The van der Waals surface area contributed by atoms with Crippen LogP contribution in [0.3, 0.4) is 0 Å². The third-order valence-corrected chi connectivity index (χ3v) is 8.80. The zero-order valence-corrected chi connectivity index (χ0v) is 19.9. The van der Waals surface area contributed by atoms with Gasteiger partial charge >= 0.3 is 0 Å². The number of sulfonamides is 1. The maximum absolute atomic E-state index is 13.1. The molecule has 0 aromatic heterocycles. The Bertz CT molecular complexity index is 1130. The van der Waals surface area contributed by atoms with Gasteiger partial charge in [0.25, 0.3) is 0 Å². The molecular weight excluding hydrogens is 470 g/mol. The Labute approximate surface area is 195 Å². The Morgan fingerprint density at radius 3 is 2.72 bits per heavy atom. The van der Waals surface area contributed by atoms with Gasteiger partial charge in [-0.25, -0.2) is 8.42 Å². The molecule has 4 rings (SSSR count). The molecule has 0 radical (unpaired) electrons. The third kappa shape index (κ3) is 4.96. The van der Waals surface area contributed by atoms with Gasteiger partial charge in [-0.05, 0) is 42.7 Å². The minimum atomic E-state index is -3.72. The number of ether oxygens (including phenoxy) is 1. The molecule has 32 heavy (non-hydrogen) atoms. The van der Waals surface area contributed by atoms with Crippen molar-refractivity contribution in [1.82, 2.24) is 4.31 Å². The van der Waals surface area contributed by atoms with Gasteiger partial charge in [0.15, 0.2) is 0 Å². The first-order valence-corrected chi connectivity index (χ1v) is 13.6. The fraction of sp³-hybridized carbons (Fsp3) is 0.333. The van der Waals surface area contributed by atoms with Crippen molar-refractivity contribution < 1.29 is 22.7 Å². The van der Waals surface area contributed by atoms with Gasteiger partial charge in [-0.2, -0.15) is 4.31 Å². The summed E-state index contributed by atoms with van der Waals surface area (Å²) < 4.78 is 32.8. The quantitative estimate of drug-likeness (QED) is 0.618. The number of thioether (sulfide) groups is 2. The van der Waals surface area contributed by atoms with Crippen LogP contribution in [-0.2, 0) is 24.3 Å². The molecule has 0 aliphatic carbocycles. The van der Waals surface area contributed by atoms with E-state index in [0.717, 1.165) is 9.79 Å². The average molecular weight is 494 g/mol. The zero-order valence-electron chi connectivity index (χ0n) is 17.4. The second kappa shape index (κ2) is 9.84. The highest BCUT2D eigenvalue weighted by atomic mass is 32.2. The Morgan fingerprint density at radius 1 is 1.19 bits per heavy atom. The van der Waals surface area contributed by atoms with Crippen molar-refractivity contribution in [3.8, 4) is 0 Å². The van der Waals surface area contributed by atoms with Crippen LogP contribution in [0.2, 0.25) is 0 Å². The van der Waals surface area contributed by atoms with Gasteiger partial charge in [0.1, 0.15) is 6.54 Å². The molecule has 0 bridgehead atoms. The van der Waals surface area contributed by atoms with Crippen molar-refractivity contribution in [3.05, 3.63) is 42.5 Å². The van der Waals surface area contributed by atoms with E-state index in [2.05, 4.69) is 5.32 Å². The molecule has 2 aliphatic rings. The fourth-order valence-electron chi connectivity index (χ4n) is 3.50. The van der Waals surface area contributed by atoms with Gasteiger partial charge in [-0.3, -0.25) is 9.59 Å². The van der Waals surface area contributed by atoms with E-state index in [1.165, 1.54) is 27.0 Å². The van der Waals surface area contributed by atoms with E-state index in [9.17, 15) is 18.0 Å². The van der Waals surface area contributed by atoms with E-state index >= 15 is 0 Å². The summed E-state index contributed by atoms with van der Waals surface area (Å²) in [6.07, 6.45) is 1.95. The molecule has 1 N–H and O–H groups in total. The summed E-state index contributed by atoms with van der Waals surface area (Å²) in [5, 5.41) is 2.82. The minimum Gasteiger partial charge on any atom is -0.379 e. The molecular formula is C21H23N3O5S3. The first-order valence-electron chi connectivity index (χ1n) is 9.97. The molecule has 8 nitrogen and oxygen atoms in total. The van der Waals surface area contributed by atoms with Crippen LogP contribution in [-0.4, -0.2) is 69.4 Å². The molecule has 0 spiro atoms. The van der Waals surface area contributed by atoms with Crippen LogP contribution in [0.25, 0.3) is 0 Å². The molecule has 0 atom stereocenters. The summed E-state index contributed by atoms with van der Waals surface area (Å²) in [6.45, 7) is 1.07. The number of hydrogen-bond acceptors (Lipinski definition) is 7. The number of anilines is 2. The Kier molecular flexibility index (Phi) is 7.11. The average Bonchev–Trinajstić information content (AvgIpc) is 2.81. The number of amides is 2. The van der Waals surface area contributed by atoms with Crippen molar-refractivity contribution in [2.45, 2.75) is 14.7 Å². The number of carbonyl (C=O) groups is 2. The van der Waals surface area contributed by atoms with Crippen LogP contribution in [0.4, 0.5) is 11.4 Å². The van der Waals surface area contributed by atoms with Crippen molar-refractivity contribution in [2.75, 3.05) is 55.1 Å². The smallest absolute Gasteiger partial charge is 0.244 e. The molecule has 2 amide bonds. The SMILES string of the molecule is CSc1cccc(NC(=O)CN2C(=O)CSc3ccc(S(=O)(=O)N4CCOCC4)cc32)c1. The van der Waals surface area contributed by atoms with Gasteiger partial charge in [-0.15, -0.1) is 23.5 Å². The minimum absolute atomic E-state index is 0.103. The van der Waals surface area contributed by atoms with Crippen LogP contribution in [0.5, 0.6) is 0 Å². The number of morpholine rings is 1. The highest BCUT2D eigenvalue weighted by Gasteiger charge is 2.31. The number of nitrogens with one attached hydrogen (secondary N) is 1. The zero-order chi connectivity index (χ0) is 22.7. The van der Waals surface area contributed by atoms with Gasteiger partial charge in [0.2, 0.25) is 21.8 Å². The van der Waals surface area contributed by atoms with E-state index in [1.54, 1.807) is 30.0 Å². The number of nitrogens with zero attached hydrogens (tertiary/aromatic N) is 2. The highest BCUT2D eigenvalue weighted by Crippen LogP contribution is 2.37. The van der Waals surface area contributed by atoms with E-state index in [-0.39, 0.29) is 42.1 Å². The fourth-order valence-corrected chi connectivity index (χ4v) is 6.30. The summed E-state index contributed by atoms with van der Waals surface area (Å²) in [4.78, 5) is 28.6. The summed E-state index contributed by atoms with van der Waals surface area (Å²) in [7, 11) is -3.72. The van der Waals surface area contributed by atoms with Gasteiger partial charge in [0, 0.05) is 28.6 Å². The largest absolute Gasteiger partial charge is 0.379 e. The van der Waals surface area contributed by atoms with E-state index in [1.807, 2.05) is 24.5 Å². The van der Waals surface area contributed by atoms with Gasteiger partial charge in [-0.1, -0.05) is 6.07 Å². The van der Waals surface area contributed by atoms with Crippen LogP contribution >= 0.6 is 23.5 Å². The van der Waals surface area contributed by atoms with Crippen molar-refractivity contribution >= 4 is 56.7 Å². The molecule has 0 saturated carbocycles. The summed E-state index contributed by atoms with van der Waals surface area (Å²) in [6, 6.07) is 12.2. The molecule has 2 aromatic rings. The van der Waals surface area contributed by atoms with E-state index < -0.39 is 10.0 Å². The lowest BCUT2D eigenvalue weighted by molar-refractivity contribution is -0.120. The number of hydrogen-bond donors (Lipinski definition) is 1. The summed E-state index contributed by atoms with van der Waals surface area (Å²) in [5.74, 6) is -0.398. The predicted molar refractivity (Wildman–Crippen MR) is 126 cm³/mol. The first-order chi connectivity index (χ1) is 15.4. The monoisotopic (exact) mass is 493 g/mol. The predicted octanol–water partition coefficient (Wildman–Crippen LogP) is 2.51. The Hall–Kier alpha value is -2.05. The summed E-state index contributed by atoms with van der Waals surface area (Å²) in [5.41, 5.74) is 1.08. The Balaban J connectivity index is 1.57. The van der Waals surface area contributed by atoms with E-state index in [0.29, 0.717) is 24.6 Å². The molecule has 0 unspecified atom stereocenters. The molecule has 2 aromatic carbocycles. The molecule has 2 heterocycles. The van der Waals surface area contributed by atoms with Crippen LogP contribution in [0.1, 0.15) is 0 Å². The van der Waals surface area contributed by atoms with E-state index in [4.69, 9.17) is 4.74 Å². The topological polar surface area (TPSA) is 96.0 Å². The lowest BCUT2D eigenvalue weighted by Gasteiger charge is -2.30. The van der Waals surface area contributed by atoms with Crippen LogP contribution in [0.15, 0.2) is 57.2 Å². The summed E-state index contributed by atoms with van der Waals surface area (Å²) >= 11 is 2.90. The molecule has 170 valence electrons. The Morgan fingerprint density at radius 2 is 1.97 bits per heavy atom. The van der Waals surface area contributed by atoms with Crippen molar-refractivity contribution in [1.29, 1.82) is 0 Å². The van der Waals surface area contributed by atoms with Gasteiger partial charge in [0.05, 0.1) is 29.5 Å². The number of benzene rings is 2. The lowest BCUT2D eigenvalue weighted by atomic mass is 10.2. The lowest BCUT2D eigenvalue weighted by Crippen LogP contribution is -2.42. The molecule has 2 aliphatic heterocycles. The maximum Gasteiger partial charge on any atom is 0.244 e. The number of fused-ring (bicyclic) bond motifs is 1. The normalized spacial score (nSPS) is 17.2. The van der Waals surface area contributed by atoms with Crippen molar-refractivity contribution in [2.24, 2.45) is 0 Å². The maximum atomic E-state index is 13.1. The first kappa shape index (κ1) is 23.1. The second-order valence-corrected chi connectivity index (χ2v) is 11.0. The molecule has 11 heteroatoms. The third-order valence-electron chi connectivity index (χ3n) is 5.14. The molecule has 1 saturated heterocycles. The number of rotatable bonds is 6. The number of carbonyl (C=O) groups excluding carboxylic acids is 2. The van der Waals surface area contributed by atoms with Crippen LogP contribution < -0.4 is 10.2 Å². The highest BCUT2D eigenvalue weighted by molar-refractivity contribution is 8.00. The van der Waals surface area contributed by atoms with Crippen molar-refractivity contribution in [3.63, 3.8) is 0 Å².